The molecule has 158 valence electrons. The second-order valence-corrected chi connectivity index (χ2v) is 8.48. The van der Waals surface area contributed by atoms with Gasteiger partial charge in [-0.05, 0) is 50.9 Å². The molecule has 1 saturated heterocycles. The summed E-state index contributed by atoms with van der Waals surface area (Å²) in [5.41, 5.74) is 0. The average Bonchev–Trinajstić information content (AvgIpc) is 3.29. The maximum absolute atomic E-state index is 12.0. The van der Waals surface area contributed by atoms with Gasteiger partial charge in [0, 0.05) is 39.3 Å². The number of nitrogens with one attached hydrogen (secondary N) is 2. The average molecular weight is 394 g/mol. The quantitative estimate of drug-likeness (QED) is 0.545. The van der Waals surface area contributed by atoms with Crippen LogP contribution in [-0.4, -0.2) is 80.2 Å². The van der Waals surface area contributed by atoms with E-state index in [1.165, 1.54) is 25.7 Å². The van der Waals surface area contributed by atoms with Crippen molar-refractivity contribution in [3.63, 3.8) is 0 Å². The van der Waals surface area contributed by atoms with Crippen LogP contribution in [0.15, 0.2) is 4.99 Å². The summed E-state index contributed by atoms with van der Waals surface area (Å²) in [7, 11) is 3.50. The van der Waals surface area contributed by atoms with Gasteiger partial charge in [-0.15, -0.1) is 0 Å². The Bertz CT molecular complexity index is 586. The van der Waals surface area contributed by atoms with Crippen molar-refractivity contribution in [3.05, 3.63) is 0 Å². The molecule has 3 fully saturated rings. The predicted molar refractivity (Wildman–Crippen MR) is 108 cm³/mol. The van der Waals surface area contributed by atoms with Gasteiger partial charge >= 0.3 is 6.09 Å². The molecule has 3 atom stereocenters. The van der Waals surface area contributed by atoms with Gasteiger partial charge in [-0.3, -0.25) is 4.79 Å². The van der Waals surface area contributed by atoms with Gasteiger partial charge in [-0.2, -0.15) is 0 Å². The number of carbonyl (C=O) groups excluding carboxylic acids is 2. The minimum absolute atomic E-state index is 0.00817. The molecule has 3 rings (SSSR count). The standard InChI is InChI=1S/C20H35N5O3/c1-4-28-20(27)25-9-7-16(8-10-25)22-19(21-13-18(26)24(2)3)23-17-12-14-5-6-15(17)11-14/h14-17H,4-13H2,1-3H3,(H2,21,22,23). The molecule has 0 aromatic heterocycles. The van der Waals surface area contributed by atoms with Crippen molar-refractivity contribution in [1.29, 1.82) is 0 Å². The summed E-state index contributed by atoms with van der Waals surface area (Å²) in [6.45, 7) is 3.72. The molecule has 2 amide bonds. The number of piperidine rings is 1. The lowest BCUT2D eigenvalue weighted by molar-refractivity contribution is -0.127. The van der Waals surface area contributed by atoms with Crippen LogP contribution in [0.2, 0.25) is 0 Å². The van der Waals surface area contributed by atoms with E-state index < -0.39 is 0 Å². The second-order valence-electron chi connectivity index (χ2n) is 8.48. The molecule has 28 heavy (non-hydrogen) atoms. The first-order valence-corrected chi connectivity index (χ1v) is 10.7. The Morgan fingerprint density at radius 2 is 1.86 bits per heavy atom. The number of nitrogens with zero attached hydrogens (tertiary/aromatic N) is 3. The maximum Gasteiger partial charge on any atom is 0.409 e. The molecule has 0 aromatic rings. The van der Waals surface area contributed by atoms with Crippen molar-refractivity contribution in [3.8, 4) is 0 Å². The Hall–Kier alpha value is -1.99. The number of ether oxygens (including phenoxy) is 1. The van der Waals surface area contributed by atoms with E-state index in [9.17, 15) is 9.59 Å². The summed E-state index contributed by atoms with van der Waals surface area (Å²) < 4.78 is 5.09. The number of hydrogen-bond acceptors (Lipinski definition) is 4. The normalized spacial score (nSPS) is 27.6. The zero-order valence-electron chi connectivity index (χ0n) is 17.4. The Morgan fingerprint density at radius 3 is 2.43 bits per heavy atom. The fourth-order valence-corrected chi connectivity index (χ4v) is 4.63. The number of carbonyl (C=O) groups is 2. The Labute approximate surface area is 168 Å². The first kappa shape index (κ1) is 20.7. The molecule has 8 heteroatoms. The first-order valence-electron chi connectivity index (χ1n) is 10.7. The van der Waals surface area contributed by atoms with Crippen LogP contribution in [0.25, 0.3) is 0 Å². The molecule has 1 heterocycles. The Morgan fingerprint density at radius 1 is 1.11 bits per heavy atom. The van der Waals surface area contributed by atoms with E-state index in [2.05, 4.69) is 15.6 Å². The highest BCUT2D eigenvalue weighted by atomic mass is 16.6. The third-order valence-corrected chi connectivity index (χ3v) is 6.29. The van der Waals surface area contributed by atoms with E-state index >= 15 is 0 Å². The van der Waals surface area contributed by atoms with Gasteiger partial charge < -0.3 is 25.2 Å². The fourth-order valence-electron chi connectivity index (χ4n) is 4.63. The van der Waals surface area contributed by atoms with Crippen LogP contribution < -0.4 is 10.6 Å². The Kier molecular flexibility index (Phi) is 7.02. The van der Waals surface area contributed by atoms with E-state index in [4.69, 9.17) is 4.74 Å². The van der Waals surface area contributed by atoms with Crippen LogP contribution >= 0.6 is 0 Å². The molecule has 3 unspecified atom stereocenters. The number of likely N-dealkylation sites (N-methyl/N-ethyl adjacent to an activating group) is 1. The van der Waals surface area contributed by atoms with Crippen molar-refractivity contribution < 1.29 is 14.3 Å². The lowest BCUT2D eigenvalue weighted by Gasteiger charge is -2.33. The molecule has 0 spiro atoms. The number of aliphatic imine (C=N–C) groups is 1. The van der Waals surface area contributed by atoms with Gasteiger partial charge in [0.1, 0.15) is 6.54 Å². The van der Waals surface area contributed by atoms with E-state index in [0.29, 0.717) is 25.7 Å². The minimum Gasteiger partial charge on any atom is -0.450 e. The van der Waals surface area contributed by atoms with E-state index in [0.717, 1.165) is 30.6 Å². The van der Waals surface area contributed by atoms with Crippen LogP contribution in [0.5, 0.6) is 0 Å². The lowest BCUT2D eigenvalue weighted by atomic mass is 9.95. The highest BCUT2D eigenvalue weighted by Crippen LogP contribution is 2.44. The highest BCUT2D eigenvalue weighted by molar-refractivity contribution is 5.85. The third-order valence-electron chi connectivity index (χ3n) is 6.29. The number of fused-ring (bicyclic) bond motifs is 2. The molecule has 0 radical (unpaired) electrons. The van der Waals surface area contributed by atoms with Gasteiger partial charge in [-0.25, -0.2) is 9.79 Å². The van der Waals surface area contributed by atoms with Crippen LogP contribution in [0.1, 0.15) is 45.4 Å². The van der Waals surface area contributed by atoms with Crippen LogP contribution in [0.3, 0.4) is 0 Å². The summed E-state index contributed by atoms with van der Waals surface area (Å²) in [6.07, 6.45) is 6.63. The summed E-state index contributed by atoms with van der Waals surface area (Å²) in [4.78, 5) is 31.8. The third kappa shape index (κ3) is 5.29. The predicted octanol–water partition coefficient (Wildman–Crippen LogP) is 1.42. The van der Waals surface area contributed by atoms with E-state index in [1.54, 1.807) is 23.9 Å². The van der Waals surface area contributed by atoms with Crippen molar-refractivity contribution in [1.82, 2.24) is 20.4 Å². The molecule has 2 bridgehead atoms. The van der Waals surface area contributed by atoms with Crippen molar-refractivity contribution in [2.45, 2.75) is 57.5 Å². The molecule has 2 saturated carbocycles. The molecule has 8 nitrogen and oxygen atoms in total. The van der Waals surface area contributed by atoms with E-state index in [-0.39, 0.29) is 24.6 Å². The second kappa shape index (κ2) is 9.47. The topological polar surface area (TPSA) is 86.3 Å². The first-order chi connectivity index (χ1) is 13.5. The monoisotopic (exact) mass is 393 g/mol. The van der Waals surface area contributed by atoms with Gasteiger partial charge in [0.2, 0.25) is 5.91 Å². The van der Waals surface area contributed by atoms with Gasteiger partial charge in [-0.1, -0.05) is 6.42 Å². The smallest absolute Gasteiger partial charge is 0.409 e. The highest BCUT2D eigenvalue weighted by Gasteiger charge is 2.40. The van der Waals surface area contributed by atoms with Crippen LogP contribution in [0, 0.1) is 11.8 Å². The van der Waals surface area contributed by atoms with Crippen LogP contribution in [-0.2, 0) is 9.53 Å². The number of guanidine groups is 1. The van der Waals surface area contributed by atoms with Crippen LogP contribution in [0.4, 0.5) is 4.79 Å². The molecular weight excluding hydrogens is 358 g/mol. The summed E-state index contributed by atoms with van der Waals surface area (Å²) >= 11 is 0. The number of hydrogen-bond donors (Lipinski definition) is 2. The summed E-state index contributed by atoms with van der Waals surface area (Å²) in [5.74, 6) is 2.31. The summed E-state index contributed by atoms with van der Waals surface area (Å²) in [5, 5.41) is 7.12. The van der Waals surface area contributed by atoms with Crippen molar-refractivity contribution >= 4 is 18.0 Å². The molecule has 2 aliphatic carbocycles. The minimum atomic E-state index is -0.230. The molecular formula is C20H35N5O3. The SMILES string of the molecule is CCOC(=O)N1CCC(NC(=NCC(=O)N(C)C)NC2CC3CCC2C3)CC1. The summed E-state index contributed by atoms with van der Waals surface area (Å²) in [6, 6.07) is 0.698. The Balaban J connectivity index is 1.55. The fraction of sp³-hybridized carbons (Fsp3) is 0.850. The zero-order valence-corrected chi connectivity index (χ0v) is 17.4. The number of rotatable bonds is 5. The molecule has 1 aliphatic heterocycles. The van der Waals surface area contributed by atoms with Crippen molar-refractivity contribution in [2.24, 2.45) is 16.8 Å². The maximum atomic E-state index is 12.0. The number of amides is 2. The molecule has 2 N–H and O–H groups in total. The largest absolute Gasteiger partial charge is 0.450 e. The molecule has 3 aliphatic rings. The lowest BCUT2D eigenvalue weighted by Crippen LogP contribution is -2.52. The van der Waals surface area contributed by atoms with Gasteiger partial charge in [0.25, 0.3) is 0 Å². The zero-order chi connectivity index (χ0) is 20.1. The van der Waals surface area contributed by atoms with E-state index in [1.807, 2.05) is 6.92 Å². The van der Waals surface area contributed by atoms with Gasteiger partial charge in [0.15, 0.2) is 5.96 Å². The number of likely N-dealkylation sites (tertiary alicyclic amines) is 1. The van der Waals surface area contributed by atoms with Gasteiger partial charge in [0.05, 0.1) is 6.61 Å². The molecule has 0 aromatic carbocycles. The van der Waals surface area contributed by atoms with Crippen molar-refractivity contribution in [2.75, 3.05) is 40.3 Å².